The second-order valence-corrected chi connectivity index (χ2v) is 12.0. The van der Waals surface area contributed by atoms with Crippen LogP contribution in [-0.2, 0) is 17.8 Å². The molecular weight excluding hydrogens is 630 g/mol. The molecule has 1 atom stereocenters. The van der Waals surface area contributed by atoms with E-state index >= 15 is 8.78 Å². The second-order valence-electron chi connectivity index (χ2n) is 11.6. The van der Waals surface area contributed by atoms with Crippen LogP contribution in [0.2, 0.25) is 5.02 Å². The Morgan fingerprint density at radius 2 is 1.98 bits per heavy atom. The highest BCUT2D eigenvalue weighted by atomic mass is 35.5. The van der Waals surface area contributed by atoms with Crippen molar-refractivity contribution in [3.8, 4) is 22.9 Å². The van der Waals surface area contributed by atoms with Gasteiger partial charge in [-0.25, -0.2) is 9.67 Å². The molecule has 7 rings (SSSR count). The third kappa shape index (κ3) is 5.50. The molecule has 0 radical (unpaired) electrons. The van der Waals surface area contributed by atoms with Crippen LogP contribution in [-0.4, -0.2) is 42.7 Å². The topological polar surface area (TPSA) is 153 Å². The summed E-state index contributed by atoms with van der Waals surface area (Å²) in [5.41, 5.74) is 9.24. The number of amides is 2. The number of carbonyl (C=O) groups is 2. The fourth-order valence-electron chi connectivity index (χ4n) is 5.78. The van der Waals surface area contributed by atoms with Crippen molar-refractivity contribution in [3.63, 3.8) is 0 Å². The normalized spacial score (nSPS) is 16.0. The molecule has 2 amide bonds. The summed E-state index contributed by atoms with van der Waals surface area (Å²) in [4.78, 5) is 40.3. The highest BCUT2D eigenvalue weighted by molar-refractivity contribution is 6.30. The Kier molecular flexibility index (Phi) is 7.32. The van der Waals surface area contributed by atoms with Gasteiger partial charge in [-0.3, -0.25) is 24.5 Å². The molecular formula is C33H25ClF2N8O3. The summed E-state index contributed by atoms with van der Waals surface area (Å²) in [6.07, 6.45) is 2.66. The molecule has 1 saturated carbocycles. The molecule has 0 spiro atoms. The average Bonchev–Trinajstić information content (AvgIpc) is 3.78. The van der Waals surface area contributed by atoms with Gasteiger partial charge in [-0.1, -0.05) is 17.7 Å². The Morgan fingerprint density at radius 3 is 2.64 bits per heavy atom. The van der Waals surface area contributed by atoms with Gasteiger partial charge in [0.25, 0.3) is 5.91 Å². The first-order valence-electron chi connectivity index (χ1n) is 14.7. The van der Waals surface area contributed by atoms with Gasteiger partial charge >= 0.3 is 12.0 Å². The van der Waals surface area contributed by atoms with Crippen LogP contribution in [0.25, 0.3) is 22.2 Å². The molecule has 1 aromatic carbocycles. The van der Waals surface area contributed by atoms with Crippen LogP contribution >= 0.6 is 11.6 Å². The summed E-state index contributed by atoms with van der Waals surface area (Å²) in [5.74, 6) is -2.22. The van der Waals surface area contributed by atoms with Crippen molar-refractivity contribution in [2.45, 2.75) is 44.9 Å². The average molecular weight is 655 g/mol. The molecule has 14 heteroatoms. The number of benzene rings is 1. The van der Waals surface area contributed by atoms with Gasteiger partial charge in [0.15, 0.2) is 11.4 Å². The number of nitrogens with zero attached hydrogens (tertiary/aromatic N) is 7. The summed E-state index contributed by atoms with van der Waals surface area (Å²) in [6.45, 7) is 1.62. The zero-order chi connectivity index (χ0) is 33.0. The van der Waals surface area contributed by atoms with E-state index in [4.69, 9.17) is 27.1 Å². The first-order chi connectivity index (χ1) is 22.5. The summed E-state index contributed by atoms with van der Waals surface area (Å²) >= 11 is 5.92. The smallest absolute Gasteiger partial charge is 0.423 e. The first-order valence-corrected chi connectivity index (χ1v) is 15.1. The summed E-state index contributed by atoms with van der Waals surface area (Å²) in [6, 6.07) is 12.6. The van der Waals surface area contributed by atoms with Crippen LogP contribution in [0, 0.1) is 17.2 Å². The van der Waals surface area contributed by atoms with Crippen molar-refractivity contribution in [2.24, 2.45) is 11.7 Å². The summed E-state index contributed by atoms with van der Waals surface area (Å²) < 4.78 is 36.7. The number of hydrogen-bond donors (Lipinski definition) is 1. The zero-order valence-corrected chi connectivity index (χ0v) is 25.6. The molecule has 236 valence electrons. The lowest BCUT2D eigenvalue weighted by atomic mass is 9.93. The van der Waals surface area contributed by atoms with E-state index in [9.17, 15) is 14.9 Å². The second kappa shape index (κ2) is 11.4. The van der Waals surface area contributed by atoms with Crippen LogP contribution in [0.4, 0.5) is 14.5 Å². The van der Waals surface area contributed by atoms with Crippen LogP contribution in [0.15, 0.2) is 61.1 Å². The number of nitriles is 1. The Labute approximate surface area is 271 Å². The van der Waals surface area contributed by atoms with Crippen molar-refractivity contribution in [1.29, 1.82) is 5.26 Å². The number of primary amides is 1. The minimum absolute atomic E-state index is 0.0989. The summed E-state index contributed by atoms with van der Waals surface area (Å²) in [5, 5.41) is 14.6. The van der Waals surface area contributed by atoms with E-state index in [0.717, 1.165) is 17.7 Å². The Bertz CT molecular complexity index is 2110. The molecule has 11 nitrogen and oxygen atoms in total. The monoisotopic (exact) mass is 654 g/mol. The molecule has 5 aromatic rings. The number of nitrogens with two attached hydrogens (primary N) is 1. The van der Waals surface area contributed by atoms with E-state index in [1.54, 1.807) is 35.1 Å². The van der Waals surface area contributed by atoms with E-state index in [1.807, 2.05) is 13.0 Å². The number of anilines is 1. The standard InChI is InChI=1S/C33H25ClF2N8O3/c1-17(24-8-4-19(12-37)13-40-24)44-31-23(15-41-44)28(29(30(38)45)25(42-31)10-18-2-3-18)20-5-9-26-27(11-20)47-33(35,36)32(46)43(26)16-22-7-6-21(34)14-39-22/h4-9,11,13-15,17-18H,2-3,10,16H2,1H3,(H2,38,45). The Hall–Kier alpha value is -5.48. The van der Waals surface area contributed by atoms with E-state index in [2.05, 4.69) is 15.1 Å². The molecule has 2 N–H and O–H groups in total. The quantitative estimate of drug-likeness (QED) is 0.227. The van der Waals surface area contributed by atoms with E-state index in [-0.39, 0.29) is 23.5 Å². The number of hydrogen-bond acceptors (Lipinski definition) is 8. The van der Waals surface area contributed by atoms with Crippen molar-refractivity contribution >= 4 is 40.1 Å². The van der Waals surface area contributed by atoms with Crippen molar-refractivity contribution in [2.75, 3.05) is 4.90 Å². The minimum Gasteiger partial charge on any atom is -0.423 e. The Morgan fingerprint density at radius 1 is 1.17 bits per heavy atom. The van der Waals surface area contributed by atoms with Gasteiger partial charge in [0.1, 0.15) is 6.07 Å². The number of fused-ring (bicyclic) bond motifs is 2. The Balaban J connectivity index is 1.38. The largest absolute Gasteiger partial charge is 0.482 e. The molecule has 47 heavy (non-hydrogen) atoms. The fraction of sp³-hybridized carbons (Fsp3) is 0.242. The zero-order valence-electron chi connectivity index (χ0n) is 24.8. The maximum Gasteiger partial charge on any atom is 0.482 e. The molecule has 1 aliphatic carbocycles. The molecule has 2 aliphatic rings. The van der Waals surface area contributed by atoms with Gasteiger partial charge in [0.05, 0.1) is 57.7 Å². The third-order valence-corrected chi connectivity index (χ3v) is 8.56. The molecule has 1 unspecified atom stereocenters. The SMILES string of the molecule is CC(c1ccc(C#N)cn1)n1ncc2c(-c3ccc4c(c3)OC(F)(F)C(=O)N4Cc3ccc(Cl)cn3)c(C(N)=O)c(CC3CC3)nc21. The molecule has 1 aliphatic heterocycles. The van der Waals surface area contributed by atoms with Gasteiger partial charge in [0.2, 0.25) is 0 Å². The highest BCUT2D eigenvalue weighted by Crippen LogP contribution is 2.45. The van der Waals surface area contributed by atoms with E-state index in [0.29, 0.717) is 62.2 Å². The van der Waals surface area contributed by atoms with E-state index in [1.165, 1.54) is 30.6 Å². The molecule has 4 aromatic heterocycles. The van der Waals surface area contributed by atoms with Crippen LogP contribution in [0.5, 0.6) is 5.75 Å². The van der Waals surface area contributed by atoms with Crippen LogP contribution < -0.4 is 15.4 Å². The van der Waals surface area contributed by atoms with Gasteiger partial charge in [0, 0.05) is 23.3 Å². The number of pyridine rings is 3. The number of ether oxygens (including phenoxy) is 1. The van der Waals surface area contributed by atoms with Crippen molar-refractivity contribution in [3.05, 3.63) is 94.3 Å². The van der Waals surface area contributed by atoms with Crippen LogP contribution in [0.1, 0.15) is 58.8 Å². The number of alkyl halides is 2. The van der Waals surface area contributed by atoms with Crippen molar-refractivity contribution < 1.29 is 23.1 Å². The molecule has 0 bridgehead atoms. The fourth-order valence-corrected chi connectivity index (χ4v) is 5.90. The number of rotatable bonds is 8. The molecule has 1 fully saturated rings. The van der Waals surface area contributed by atoms with Gasteiger partial charge in [-0.15, -0.1) is 0 Å². The number of aromatic nitrogens is 5. The predicted octanol–water partition coefficient (Wildman–Crippen LogP) is 5.59. The van der Waals surface area contributed by atoms with Crippen molar-refractivity contribution in [1.82, 2.24) is 24.7 Å². The maximum atomic E-state index is 15.0. The van der Waals surface area contributed by atoms with Crippen LogP contribution in [0.3, 0.4) is 0 Å². The lowest BCUT2D eigenvalue weighted by Crippen LogP contribution is -2.50. The maximum absolute atomic E-state index is 15.0. The van der Waals surface area contributed by atoms with Gasteiger partial charge in [-0.2, -0.15) is 19.1 Å². The number of carbonyl (C=O) groups excluding carboxylic acids is 2. The van der Waals surface area contributed by atoms with Gasteiger partial charge < -0.3 is 10.5 Å². The lowest BCUT2D eigenvalue weighted by molar-refractivity contribution is -0.193. The number of halogens is 3. The minimum atomic E-state index is -4.16. The first kappa shape index (κ1) is 30.2. The molecule has 5 heterocycles. The third-order valence-electron chi connectivity index (χ3n) is 8.33. The molecule has 0 saturated heterocycles. The highest BCUT2D eigenvalue weighted by Gasteiger charge is 2.50. The lowest BCUT2D eigenvalue weighted by Gasteiger charge is -2.33. The van der Waals surface area contributed by atoms with Gasteiger partial charge in [-0.05, 0) is 74.1 Å². The van der Waals surface area contributed by atoms with E-state index < -0.39 is 24.0 Å². The summed E-state index contributed by atoms with van der Waals surface area (Å²) in [7, 11) is 0. The predicted molar refractivity (Wildman–Crippen MR) is 167 cm³/mol.